The molecular weight excluding hydrogens is 274 g/mol. The molecule has 0 radical (unpaired) electrons. The van der Waals surface area contributed by atoms with Crippen LogP contribution in [-0.2, 0) is 25.6 Å². The molecule has 0 spiro atoms. The molecule has 5 heteroatoms. The summed E-state index contributed by atoms with van der Waals surface area (Å²) in [4.78, 5) is 12.1. The molecule has 0 aliphatic carbocycles. The molecule has 1 rings (SSSR count). The zero-order valence-corrected chi connectivity index (χ0v) is 13.8. The molecule has 0 aliphatic heterocycles. The Morgan fingerprint density at radius 3 is 1.70 bits per heavy atom. The van der Waals surface area contributed by atoms with Crippen molar-refractivity contribution in [2.24, 2.45) is 0 Å². The number of carbonyl (C=O) groups excluding carboxylic acids is 1. The fourth-order valence-corrected chi connectivity index (χ4v) is 2.41. The standard InChI is InChI=1S/C15H23NO3S/c1-14(2,3)11-7-9-12(10-8-11)15(4,5)13(17)16-20(6,18)19/h7-10H,1-6H3,(H,16,17). The second kappa shape index (κ2) is 5.20. The van der Waals surface area contributed by atoms with Gasteiger partial charge in [-0.15, -0.1) is 0 Å². The predicted molar refractivity (Wildman–Crippen MR) is 81.2 cm³/mol. The second-order valence-electron chi connectivity index (χ2n) is 6.66. The highest BCUT2D eigenvalue weighted by Gasteiger charge is 2.31. The van der Waals surface area contributed by atoms with Crippen LogP contribution in [0.2, 0.25) is 0 Å². The van der Waals surface area contributed by atoms with E-state index in [-0.39, 0.29) is 5.41 Å². The molecule has 0 aliphatic rings. The maximum Gasteiger partial charge on any atom is 0.243 e. The van der Waals surface area contributed by atoms with Crippen LogP contribution in [0, 0.1) is 0 Å². The van der Waals surface area contributed by atoms with Crippen LogP contribution in [0.4, 0.5) is 0 Å². The quantitative estimate of drug-likeness (QED) is 0.931. The van der Waals surface area contributed by atoms with Crippen LogP contribution in [0.15, 0.2) is 24.3 Å². The van der Waals surface area contributed by atoms with Crippen molar-refractivity contribution < 1.29 is 13.2 Å². The van der Waals surface area contributed by atoms with E-state index in [1.807, 2.05) is 29.0 Å². The van der Waals surface area contributed by atoms with E-state index in [1.165, 1.54) is 5.56 Å². The zero-order valence-electron chi connectivity index (χ0n) is 12.9. The lowest BCUT2D eigenvalue weighted by molar-refractivity contribution is -0.123. The maximum absolute atomic E-state index is 12.1. The number of benzene rings is 1. The highest BCUT2D eigenvalue weighted by molar-refractivity contribution is 7.89. The molecule has 0 atom stereocenters. The number of hydrogen-bond donors (Lipinski definition) is 1. The highest BCUT2D eigenvalue weighted by Crippen LogP contribution is 2.27. The van der Waals surface area contributed by atoms with Crippen LogP contribution in [0.1, 0.15) is 45.7 Å². The minimum atomic E-state index is -3.55. The fraction of sp³-hybridized carbons (Fsp3) is 0.533. The SMILES string of the molecule is CC(C)(C)c1ccc(C(C)(C)C(=O)NS(C)(=O)=O)cc1. The lowest BCUT2D eigenvalue weighted by Crippen LogP contribution is -2.42. The van der Waals surface area contributed by atoms with Gasteiger partial charge in [-0.1, -0.05) is 45.0 Å². The summed E-state index contributed by atoms with van der Waals surface area (Å²) in [7, 11) is -3.55. The van der Waals surface area contributed by atoms with Crippen molar-refractivity contribution in [3.8, 4) is 0 Å². The van der Waals surface area contributed by atoms with Gasteiger partial charge in [-0.25, -0.2) is 8.42 Å². The van der Waals surface area contributed by atoms with E-state index in [2.05, 4.69) is 20.8 Å². The van der Waals surface area contributed by atoms with Crippen molar-refractivity contribution in [1.29, 1.82) is 0 Å². The van der Waals surface area contributed by atoms with Crippen LogP contribution >= 0.6 is 0 Å². The Morgan fingerprint density at radius 2 is 1.35 bits per heavy atom. The topological polar surface area (TPSA) is 63.2 Å². The Kier molecular flexibility index (Phi) is 4.34. The second-order valence-corrected chi connectivity index (χ2v) is 8.40. The average Bonchev–Trinajstić information content (AvgIpc) is 2.25. The Bertz CT molecular complexity index is 593. The smallest absolute Gasteiger partial charge is 0.243 e. The van der Waals surface area contributed by atoms with Crippen LogP contribution in [0.25, 0.3) is 0 Å². The number of amides is 1. The van der Waals surface area contributed by atoms with E-state index in [9.17, 15) is 13.2 Å². The van der Waals surface area contributed by atoms with Gasteiger partial charge in [-0.2, -0.15) is 0 Å². The molecule has 0 bridgehead atoms. The molecule has 0 heterocycles. The predicted octanol–water partition coefficient (Wildman–Crippen LogP) is 2.34. The van der Waals surface area contributed by atoms with Crippen LogP contribution in [0.5, 0.6) is 0 Å². The van der Waals surface area contributed by atoms with E-state index in [1.54, 1.807) is 13.8 Å². The first-order valence-corrected chi connectivity index (χ1v) is 8.36. The molecule has 1 N–H and O–H groups in total. The molecule has 0 aromatic heterocycles. The van der Waals surface area contributed by atoms with E-state index < -0.39 is 21.3 Å². The Balaban J connectivity index is 3.07. The summed E-state index contributed by atoms with van der Waals surface area (Å²) in [6, 6.07) is 7.71. The van der Waals surface area contributed by atoms with Gasteiger partial charge in [0.2, 0.25) is 15.9 Å². The summed E-state index contributed by atoms with van der Waals surface area (Å²) in [5, 5.41) is 0. The van der Waals surface area contributed by atoms with E-state index >= 15 is 0 Å². The molecule has 0 unspecified atom stereocenters. The Labute approximate surface area is 121 Å². The van der Waals surface area contributed by atoms with E-state index in [4.69, 9.17) is 0 Å². The van der Waals surface area contributed by atoms with E-state index in [0.29, 0.717) is 0 Å². The number of carbonyl (C=O) groups is 1. The molecule has 112 valence electrons. The molecule has 1 amide bonds. The summed E-state index contributed by atoms with van der Waals surface area (Å²) < 4.78 is 24.4. The zero-order chi connectivity index (χ0) is 15.8. The summed E-state index contributed by atoms with van der Waals surface area (Å²) in [5.41, 5.74) is 1.09. The van der Waals surface area contributed by atoms with Gasteiger partial charge in [0.25, 0.3) is 0 Å². The fourth-order valence-electron chi connectivity index (χ4n) is 1.81. The molecule has 0 saturated heterocycles. The molecule has 1 aromatic carbocycles. The molecular formula is C15H23NO3S. The van der Waals surface area contributed by atoms with Crippen LogP contribution < -0.4 is 4.72 Å². The number of rotatable bonds is 3. The third kappa shape index (κ3) is 4.07. The van der Waals surface area contributed by atoms with Crippen molar-refractivity contribution in [2.45, 2.75) is 45.4 Å². The van der Waals surface area contributed by atoms with Gasteiger partial charge in [-0.05, 0) is 30.4 Å². The van der Waals surface area contributed by atoms with Crippen molar-refractivity contribution >= 4 is 15.9 Å². The lowest BCUT2D eigenvalue weighted by atomic mass is 9.81. The number of sulfonamides is 1. The van der Waals surface area contributed by atoms with Gasteiger partial charge in [0.1, 0.15) is 0 Å². The first-order valence-electron chi connectivity index (χ1n) is 6.47. The van der Waals surface area contributed by atoms with Gasteiger partial charge >= 0.3 is 0 Å². The first kappa shape index (κ1) is 16.7. The van der Waals surface area contributed by atoms with E-state index in [0.717, 1.165) is 11.8 Å². The van der Waals surface area contributed by atoms with Crippen LogP contribution in [0.3, 0.4) is 0 Å². The summed E-state index contributed by atoms with van der Waals surface area (Å²) in [5.74, 6) is -0.525. The molecule has 0 fully saturated rings. The van der Waals surface area contributed by atoms with Gasteiger partial charge in [-0.3, -0.25) is 9.52 Å². The summed E-state index contributed by atoms with van der Waals surface area (Å²) in [6.45, 7) is 9.76. The first-order chi connectivity index (χ1) is 8.84. The minimum Gasteiger partial charge on any atom is -0.273 e. The lowest BCUT2D eigenvalue weighted by Gasteiger charge is -2.25. The largest absolute Gasteiger partial charge is 0.273 e. The summed E-state index contributed by atoms with van der Waals surface area (Å²) >= 11 is 0. The minimum absolute atomic E-state index is 0.0394. The highest BCUT2D eigenvalue weighted by atomic mass is 32.2. The van der Waals surface area contributed by atoms with Crippen molar-refractivity contribution in [3.63, 3.8) is 0 Å². The molecule has 4 nitrogen and oxygen atoms in total. The Morgan fingerprint density at radius 1 is 0.950 bits per heavy atom. The molecule has 1 aromatic rings. The van der Waals surface area contributed by atoms with Crippen molar-refractivity contribution in [3.05, 3.63) is 35.4 Å². The number of hydrogen-bond acceptors (Lipinski definition) is 3. The molecule has 20 heavy (non-hydrogen) atoms. The normalized spacial score (nSPS) is 13.1. The van der Waals surface area contributed by atoms with Gasteiger partial charge < -0.3 is 0 Å². The van der Waals surface area contributed by atoms with Crippen LogP contribution in [-0.4, -0.2) is 20.6 Å². The third-order valence-corrected chi connectivity index (χ3v) is 3.87. The summed E-state index contributed by atoms with van der Waals surface area (Å²) in [6.07, 6.45) is 0.976. The van der Waals surface area contributed by atoms with Crippen molar-refractivity contribution in [1.82, 2.24) is 4.72 Å². The maximum atomic E-state index is 12.1. The Hall–Kier alpha value is -1.36. The van der Waals surface area contributed by atoms with Gasteiger partial charge in [0.05, 0.1) is 11.7 Å². The van der Waals surface area contributed by atoms with Gasteiger partial charge in [0.15, 0.2) is 0 Å². The average molecular weight is 297 g/mol. The molecule has 0 saturated carbocycles. The van der Waals surface area contributed by atoms with Gasteiger partial charge in [0, 0.05) is 0 Å². The third-order valence-electron chi connectivity index (χ3n) is 3.32. The number of nitrogens with one attached hydrogen (secondary N) is 1. The monoisotopic (exact) mass is 297 g/mol. The van der Waals surface area contributed by atoms with Crippen molar-refractivity contribution in [2.75, 3.05) is 6.26 Å².